The first kappa shape index (κ1) is 15.9. The SMILES string of the molecule is COc1ccc(N)cc1Oc1c(F)cc(C(F)(F)F)cc1F. The van der Waals surface area contributed by atoms with Gasteiger partial charge in [0, 0.05) is 11.8 Å². The number of hydrogen-bond donors (Lipinski definition) is 1. The molecule has 0 aliphatic rings. The maximum atomic E-state index is 13.7. The Morgan fingerprint density at radius 3 is 2.05 bits per heavy atom. The summed E-state index contributed by atoms with van der Waals surface area (Å²) in [5.74, 6) is -3.96. The number of ether oxygens (including phenoxy) is 2. The zero-order valence-electron chi connectivity index (χ0n) is 11.2. The summed E-state index contributed by atoms with van der Waals surface area (Å²) in [5.41, 5.74) is 4.30. The van der Waals surface area contributed by atoms with Gasteiger partial charge >= 0.3 is 6.18 Å². The van der Waals surface area contributed by atoms with E-state index in [4.69, 9.17) is 15.2 Å². The highest BCUT2D eigenvalue weighted by atomic mass is 19.4. The van der Waals surface area contributed by atoms with Gasteiger partial charge in [-0.1, -0.05) is 0 Å². The largest absolute Gasteiger partial charge is 0.493 e. The zero-order valence-corrected chi connectivity index (χ0v) is 11.2. The van der Waals surface area contributed by atoms with Crippen molar-refractivity contribution in [3.8, 4) is 17.2 Å². The Kier molecular flexibility index (Phi) is 4.11. The van der Waals surface area contributed by atoms with Crippen LogP contribution in [0, 0.1) is 11.6 Å². The smallest absolute Gasteiger partial charge is 0.416 e. The molecule has 0 bridgehead atoms. The van der Waals surface area contributed by atoms with E-state index in [0.29, 0.717) is 0 Å². The average molecular weight is 319 g/mol. The van der Waals surface area contributed by atoms with Gasteiger partial charge in [0.2, 0.25) is 0 Å². The minimum atomic E-state index is -4.87. The number of benzene rings is 2. The molecule has 118 valence electrons. The number of halogens is 5. The molecule has 2 N–H and O–H groups in total. The molecule has 0 amide bonds. The van der Waals surface area contributed by atoms with E-state index in [1.807, 2.05) is 0 Å². The van der Waals surface area contributed by atoms with Crippen LogP contribution in [0.4, 0.5) is 27.6 Å². The first-order chi connectivity index (χ1) is 10.2. The van der Waals surface area contributed by atoms with E-state index in [1.165, 1.54) is 25.3 Å². The highest BCUT2D eigenvalue weighted by molar-refractivity contribution is 5.53. The minimum absolute atomic E-state index is 0.118. The fourth-order valence-corrected chi connectivity index (χ4v) is 1.70. The number of anilines is 1. The Bertz CT molecular complexity index is 677. The predicted octanol–water partition coefficient (Wildman–Crippen LogP) is 4.37. The van der Waals surface area contributed by atoms with Crippen LogP contribution in [0.5, 0.6) is 17.2 Å². The summed E-state index contributed by atoms with van der Waals surface area (Å²) in [6, 6.07) is 4.39. The van der Waals surface area contributed by atoms with Crippen LogP contribution in [-0.4, -0.2) is 7.11 Å². The number of nitrogen functional groups attached to an aromatic ring is 1. The summed E-state index contributed by atoms with van der Waals surface area (Å²) >= 11 is 0. The summed E-state index contributed by atoms with van der Waals surface area (Å²) < 4.78 is 74.8. The van der Waals surface area contributed by atoms with Gasteiger partial charge in [-0.05, 0) is 24.3 Å². The van der Waals surface area contributed by atoms with Crippen molar-refractivity contribution >= 4 is 5.69 Å². The lowest BCUT2D eigenvalue weighted by atomic mass is 10.2. The summed E-state index contributed by atoms with van der Waals surface area (Å²) in [6.45, 7) is 0. The number of rotatable bonds is 3. The molecular formula is C14H10F5NO2. The van der Waals surface area contributed by atoms with Crippen molar-refractivity contribution < 1.29 is 31.4 Å². The molecule has 2 rings (SSSR count). The molecule has 0 aromatic heterocycles. The summed E-state index contributed by atoms with van der Waals surface area (Å²) in [4.78, 5) is 0. The van der Waals surface area contributed by atoms with E-state index in [-0.39, 0.29) is 29.3 Å². The van der Waals surface area contributed by atoms with Gasteiger partial charge in [-0.25, -0.2) is 8.78 Å². The molecule has 0 aliphatic heterocycles. The molecule has 0 heterocycles. The van der Waals surface area contributed by atoms with Crippen LogP contribution in [-0.2, 0) is 6.18 Å². The molecule has 0 spiro atoms. The van der Waals surface area contributed by atoms with Crippen LogP contribution in [0.25, 0.3) is 0 Å². The van der Waals surface area contributed by atoms with Crippen LogP contribution >= 0.6 is 0 Å². The third-order valence-corrected chi connectivity index (χ3v) is 2.73. The Morgan fingerprint density at radius 1 is 0.955 bits per heavy atom. The molecule has 0 saturated carbocycles. The molecule has 22 heavy (non-hydrogen) atoms. The van der Waals surface area contributed by atoms with Gasteiger partial charge in [0.25, 0.3) is 0 Å². The van der Waals surface area contributed by atoms with Gasteiger partial charge in [0.15, 0.2) is 28.9 Å². The first-order valence-electron chi connectivity index (χ1n) is 5.90. The maximum absolute atomic E-state index is 13.7. The van der Waals surface area contributed by atoms with Crippen molar-refractivity contribution in [2.24, 2.45) is 0 Å². The van der Waals surface area contributed by atoms with E-state index >= 15 is 0 Å². The summed E-state index contributed by atoms with van der Waals surface area (Å²) in [5, 5.41) is 0. The van der Waals surface area contributed by atoms with Crippen molar-refractivity contribution in [3.63, 3.8) is 0 Å². The lowest BCUT2D eigenvalue weighted by Gasteiger charge is -2.14. The van der Waals surface area contributed by atoms with E-state index in [2.05, 4.69) is 0 Å². The Balaban J connectivity index is 2.45. The summed E-state index contributed by atoms with van der Waals surface area (Å²) in [6.07, 6.45) is -4.87. The normalized spacial score (nSPS) is 11.4. The first-order valence-corrected chi connectivity index (χ1v) is 5.90. The molecule has 0 fully saturated rings. The lowest BCUT2D eigenvalue weighted by Crippen LogP contribution is -2.07. The lowest BCUT2D eigenvalue weighted by molar-refractivity contribution is -0.138. The van der Waals surface area contributed by atoms with Crippen molar-refractivity contribution in [1.29, 1.82) is 0 Å². The van der Waals surface area contributed by atoms with Crippen LogP contribution in [0.1, 0.15) is 5.56 Å². The second kappa shape index (κ2) is 5.70. The quantitative estimate of drug-likeness (QED) is 0.675. The monoisotopic (exact) mass is 319 g/mol. The Morgan fingerprint density at radius 2 is 1.55 bits per heavy atom. The second-order valence-corrected chi connectivity index (χ2v) is 4.28. The number of nitrogens with two attached hydrogens (primary N) is 1. The van der Waals surface area contributed by atoms with Gasteiger partial charge in [-0.15, -0.1) is 0 Å². The molecule has 0 aliphatic carbocycles. The zero-order chi connectivity index (χ0) is 16.5. The van der Waals surface area contributed by atoms with Crippen molar-refractivity contribution in [3.05, 3.63) is 47.5 Å². The van der Waals surface area contributed by atoms with Gasteiger partial charge in [0.1, 0.15) is 0 Å². The van der Waals surface area contributed by atoms with E-state index in [0.717, 1.165) is 0 Å². The van der Waals surface area contributed by atoms with Crippen LogP contribution in [0.15, 0.2) is 30.3 Å². The van der Waals surface area contributed by atoms with E-state index in [9.17, 15) is 22.0 Å². The molecule has 3 nitrogen and oxygen atoms in total. The standard InChI is InChI=1S/C14H10F5NO2/c1-21-11-3-2-8(20)6-12(11)22-13-9(15)4-7(5-10(13)16)14(17,18)19/h2-6H,20H2,1H3. The number of hydrogen-bond acceptors (Lipinski definition) is 3. The van der Waals surface area contributed by atoms with Gasteiger partial charge in [0.05, 0.1) is 12.7 Å². The molecule has 8 heteroatoms. The second-order valence-electron chi connectivity index (χ2n) is 4.28. The summed E-state index contributed by atoms with van der Waals surface area (Å²) in [7, 11) is 1.29. The molecule has 0 unspecified atom stereocenters. The molecule has 2 aromatic rings. The molecule has 0 atom stereocenters. The van der Waals surface area contributed by atoms with Gasteiger partial charge in [-0.2, -0.15) is 13.2 Å². The number of alkyl halides is 3. The van der Waals surface area contributed by atoms with E-state index in [1.54, 1.807) is 0 Å². The Labute approximate surface area is 122 Å². The van der Waals surface area contributed by atoms with Gasteiger partial charge < -0.3 is 15.2 Å². The highest BCUT2D eigenvalue weighted by Crippen LogP contribution is 2.38. The van der Waals surface area contributed by atoms with Crippen LogP contribution in [0.2, 0.25) is 0 Å². The minimum Gasteiger partial charge on any atom is -0.493 e. The van der Waals surface area contributed by atoms with Crippen LogP contribution < -0.4 is 15.2 Å². The molecule has 0 radical (unpaired) electrons. The van der Waals surface area contributed by atoms with Crippen molar-refractivity contribution in [1.82, 2.24) is 0 Å². The van der Waals surface area contributed by atoms with Crippen molar-refractivity contribution in [2.45, 2.75) is 6.18 Å². The van der Waals surface area contributed by atoms with E-state index < -0.39 is 29.1 Å². The topological polar surface area (TPSA) is 44.5 Å². The third-order valence-electron chi connectivity index (χ3n) is 2.73. The van der Waals surface area contributed by atoms with Gasteiger partial charge in [-0.3, -0.25) is 0 Å². The van der Waals surface area contributed by atoms with Crippen LogP contribution in [0.3, 0.4) is 0 Å². The third kappa shape index (κ3) is 3.21. The molecule has 2 aromatic carbocycles. The fraction of sp³-hybridized carbons (Fsp3) is 0.143. The van der Waals surface area contributed by atoms with Crippen molar-refractivity contribution in [2.75, 3.05) is 12.8 Å². The Hall–Kier alpha value is -2.51. The number of methoxy groups -OCH3 is 1. The molecular weight excluding hydrogens is 309 g/mol. The highest BCUT2D eigenvalue weighted by Gasteiger charge is 2.33. The molecule has 0 saturated heterocycles. The average Bonchev–Trinajstić information content (AvgIpc) is 2.41. The fourth-order valence-electron chi connectivity index (χ4n) is 1.70. The predicted molar refractivity (Wildman–Crippen MR) is 68.8 cm³/mol. The maximum Gasteiger partial charge on any atom is 0.416 e.